The molecule has 1 aliphatic heterocycles. The molecule has 0 aliphatic carbocycles. The number of rotatable bonds is 4. The van der Waals surface area contributed by atoms with Crippen molar-refractivity contribution in [2.45, 2.75) is 38.3 Å². The van der Waals surface area contributed by atoms with Gasteiger partial charge in [0.1, 0.15) is 5.82 Å². The number of hydrogen-bond acceptors (Lipinski definition) is 3. The summed E-state index contributed by atoms with van der Waals surface area (Å²) in [5, 5.41) is 9.95. The highest BCUT2D eigenvalue weighted by Gasteiger charge is 2.21. The molecule has 1 N–H and O–H groups in total. The predicted molar refractivity (Wildman–Crippen MR) is 64.0 cm³/mol. The number of aromatic nitrogens is 1. The second-order valence-corrected chi connectivity index (χ2v) is 4.73. The molecular formula is C13H19FN2O. The number of halogens is 1. The third-order valence-corrected chi connectivity index (χ3v) is 3.47. The molecule has 2 heterocycles. The molecule has 1 aromatic heterocycles. The lowest BCUT2D eigenvalue weighted by Gasteiger charge is -2.22. The molecule has 0 amide bonds. The first-order chi connectivity index (χ1) is 8.16. The summed E-state index contributed by atoms with van der Waals surface area (Å²) in [7, 11) is 0. The zero-order valence-electron chi connectivity index (χ0n) is 10.1. The second kappa shape index (κ2) is 5.56. The van der Waals surface area contributed by atoms with Crippen LogP contribution in [-0.2, 0) is 0 Å². The fourth-order valence-electron chi connectivity index (χ4n) is 2.35. The van der Waals surface area contributed by atoms with Crippen LogP contribution in [0.1, 0.15) is 38.0 Å². The van der Waals surface area contributed by atoms with E-state index in [1.165, 1.54) is 18.9 Å². The molecule has 0 bridgehead atoms. The van der Waals surface area contributed by atoms with Crippen molar-refractivity contribution >= 4 is 0 Å². The van der Waals surface area contributed by atoms with Gasteiger partial charge >= 0.3 is 0 Å². The van der Waals surface area contributed by atoms with Crippen LogP contribution in [0.25, 0.3) is 0 Å². The lowest BCUT2D eigenvalue weighted by molar-refractivity contribution is 0.136. The highest BCUT2D eigenvalue weighted by Crippen LogP contribution is 2.20. The van der Waals surface area contributed by atoms with E-state index in [1.54, 1.807) is 6.07 Å². The van der Waals surface area contributed by atoms with Crippen LogP contribution in [-0.4, -0.2) is 34.1 Å². The highest BCUT2D eigenvalue weighted by molar-refractivity contribution is 5.08. The molecule has 0 aromatic carbocycles. The molecule has 0 spiro atoms. The van der Waals surface area contributed by atoms with Crippen molar-refractivity contribution in [1.82, 2.24) is 9.88 Å². The Kier molecular flexibility index (Phi) is 4.07. The molecule has 2 atom stereocenters. The van der Waals surface area contributed by atoms with Crippen molar-refractivity contribution in [3.63, 3.8) is 0 Å². The molecule has 3 nitrogen and oxygen atoms in total. The molecule has 1 aliphatic rings. The van der Waals surface area contributed by atoms with Crippen LogP contribution in [0.4, 0.5) is 4.39 Å². The van der Waals surface area contributed by atoms with Gasteiger partial charge in [-0.15, -0.1) is 0 Å². The van der Waals surface area contributed by atoms with E-state index in [0.29, 0.717) is 18.2 Å². The van der Waals surface area contributed by atoms with Crippen molar-refractivity contribution in [2.75, 3.05) is 13.1 Å². The Bertz CT molecular complexity index is 355. The first-order valence-electron chi connectivity index (χ1n) is 6.20. The number of likely N-dealkylation sites (tertiary alicyclic amines) is 1. The Hall–Kier alpha value is -1.00. The summed E-state index contributed by atoms with van der Waals surface area (Å²) in [5.74, 6) is -0.367. The monoisotopic (exact) mass is 238 g/mol. The molecule has 0 radical (unpaired) electrons. The van der Waals surface area contributed by atoms with Crippen LogP contribution in [0.3, 0.4) is 0 Å². The lowest BCUT2D eigenvalue weighted by Crippen LogP contribution is -2.28. The normalized spacial score (nSPS) is 22.9. The molecule has 17 heavy (non-hydrogen) atoms. The van der Waals surface area contributed by atoms with E-state index in [-0.39, 0.29) is 5.82 Å². The average molecular weight is 238 g/mol. The van der Waals surface area contributed by atoms with Crippen LogP contribution in [0.5, 0.6) is 0 Å². The van der Waals surface area contributed by atoms with E-state index in [1.807, 2.05) is 0 Å². The number of nitrogens with zero attached hydrogens (tertiary/aromatic N) is 2. The Morgan fingerprint density at radius 3 is 3.00 bits per heavy atom. The smallest absolute Gasteiger partial charge is 0.141 e. The Labute approximate surface area is 101 Å². The first-order valence-corrected chi connectivity index (χ1v) is 6.20. The summed E-state index contributed by atoms with van der Waals surface area (Å²) in [6.07, 6.45) is 3.69. The maximum Gasteiger partial charge on any atom is 0.141 e. The van der Waals surface area contributed by atoms with Crippen LogP contribution in [0.2, 0.25) is 0 Å². The van der Waals surface area contributed by atoms with Gasteiger partial charge in [0.05, 0.1) is 18.0 Å². The van der Waals surface area contributed by atoms with Gasteiger partial charge in [0.25, 0.3) is 0 Å². The van der Waals surface area contributed by atoms with Crippen LogP contribution < -0.4 is 0 Å². The Morgan fingerprint density at radius 1 is 1.59 bits per heavy atom. The van der Waals surface area contributed by atoms with Gasteiger partial charge in [0, 0.05) is 12.6 Å². The summed E-state index contributed by atoms with van der Waals surface area (Å²) in [5.41, 5.74) is 0.554. The fraction of sp³-hybridized carbons (Fsp3) is 0.615. The molecular weight excluding hydrogens is 219 g/mol. The minimum Gasteiger partial charge on any atom is -0.387 e. The molecule has 1 saturated heterocycles. The van der Waals surface area contributed by atoms with Crippen molar-refractivity contribution in [3.8, 4) is 0 Å². The maximum atomic E-state index is 12.7. The predicted octanol–water partition coefficient (Wildman–Crippen LogP) is 2.13. The van der Waals surface area contributed by atoms with Gasteiger partial charge in [-0.2, -0.15) is 0 Å². The molecule has 1 aromatic rings. The van der Waals surface area contributed by atoms with E-state index >= 15 is 0 Å². The zero-order chi connectivity index (χ0) is 12.3. The standard InChI is InChI=1S/C13H19FN2O/c1-10-3-2-7-16(10)8-6-13(17)12-5-4-11(14)9-15-12/h4-5,9-10,13,17H,2-3,6-8H2,1H3. The van der Waals surface area contributed by atoms with Crippen LogP contribution in [0.15, 0.2) is 18.3 Å². The molecule has 1 fully saturated rings. The Balaban J connectivity index is 1.84. The minimum absolute atomic E-state index is 0.367. The van der Waals surface area contributed by atoms with E-state index in [0.717, 1.165) is 19.3 Å². The summed E-state index contributed by atoms with van der Waals surface area (Å²) in [6, 6.07) is 3.50. The van der Waals surface area contributed by atoms with Crippen molar-refractivity contribution in [2.24, 2.45) is 0 Å². The number of aliphatic hydroxyl groups is 1. The number of hydrogen-bond donors (Lipinski definition) is 1. The molecule has 94 valence electrons. The topological polar surface area (TPSA) is 36.4 Å². The quantitative estimate of drug-likeness (QED) is 0.873. The van der Waals surface area contributed by atoms with E-state index in [2.05, 4.69) is 16.8 Å². The van der Waals surface area contributed by atoms with E-state index in [9.17, 15) is 9.50 Å². The van der Waals surface area contributed by atoms with Gasteiger partial charge in [-0.3, -0.25) is 4.98 Å². The van der Waals surface area contributed by atoms with Gasteiger partial charge in [-0.05, 0) is 44.9 Å². The second-order valence-electron chi connectivity index (χ2n) is 4.73. The number of pyridine rings is 1. The summed E-state index contributed by atoms with van der Waals surface area (Å²) in [6.45, 7) is 4.21. The Morgan fingerprint density at radius 2 is 2.41 bits per heavy atom. The first kappa shape index (κ1) is 12.5. The highest BCUT2D eigenvalue weighted by atomic mass is 19.1. The average Bonchev–Trinajstić information content (AvgIpc) is 2.73. The lowest BCUT2D eigenvalue weighted by atomic mass is 10.1. The zero-order valence-corrected chi connectivity index (χ0v) is 10.1. The fourth-order valence-corrected chi connectivity index (χ4v) is 2.35. The SMILES string of the molecule is CC1CCCN1CCC(O)c1ccc(F)cn1. The van der Waals surface area contributed by atoms with E-state index < -0.39 is 6.10 Å². The van der Waals surface area contributed by atoms with Crippen LogP contribution in [0, 0.1) is 5.82 Å². The van der Waals surface area contributed by atoms with Gasteiger partial charge in [-0.1, -0.05) is 0 Å². The molecule has 4 heteroatoms. The minimum atomic E-state index is -0.594. The van der Waals surface area contributed by atoms with Crippen LogP contribution >= 0.6 is 0 Å². The third kappa shape index (κ3) is 3.23. The van der Waals surface area contributed by atoms with Crippen molar-refractivity contribution in [3.05, 3.63) is 29.8 Å². The third-order valence-electron chi connectivity index (χ3n) is 3.47. The summed E-state index contributed by atoms with van der Waals surface area (Å²) >= 11 is 0. The summed E-state index contributed by atoms with van der Waals surface area (Å²) < 4.78 is 12.7. The van der Waals surface area contributed by atoms with Gasteiger partial charge in [-0.25, -0.2) is 4.39 Å². The molecule has 0 saturated carbocycles. The van der Waals surface area contributed by atoms with Crippen molar-refractivity contribution in [1.29, 1.82) is 0 Å². The number of aliphatic hydroxyl groups excluding tert-OH is 1. The maximum absolute atomic E-state index is 12.7. The van der Waals surface area contributed by atoms with Gasteiger partial charge in [0.15, 0.2) is 0 Å². The van der Waals surface area contributed by atoms with Gasteiger partial charge < -0.3 is 10.0 Å². The molecule has 2 rings (SSSR count). The largest absolute Gasteiger partial charge is 0.387 e. The molecule has 2 unspecified atom stereocenters. The van der Waals surface area contributed by atoms with Gasteiger partial charge in [0.2, 0.25) is 0 Å². The van der Waals surface area contributed by atoms with Crippen molar-refractivity contribution < 1.29 is 9.50 Å². The van der Waals surface area contributed by atoms with E-state index in [4.69, 9.17) is 0 Å². The summed E-state index contributed by atoms with van der Waals surface area (Å²) in [4.78, 5) is 6.28.